The first-order valence-corrected chi connectivity index (χ1v) is 13.1. The van der Waals surface area contributed by atoms with Crippen LogP contribution in [0.5, 0.6) is 0 Å². The molecule has 0 aromatic heterocycles. The minimum Gasteiger partial charge on any atom is -0.198 e. The van der Waals surface area contributed by atoms with Gasteiger partial charge in [-0.3, -0.25) is 0 Å². The maximum Gasteiger partial charge on any atom is 0.0689 e. The van der Waals surface area contributed by atoms with Gasteiger partial charge in [-0.15, -0.1) is 0 Å². The second kappa shape index (κ2) is 11.0. The lowest BCUT2D eigenvalue weighted by Gasteiger charge is -2.43. The molecule has 1 nitrogen and oxygen atoms in total. The highest BCUT2D eigenvalue weighted by Crippen LogP contribution is 2.50. The maximum atomic E-state index is 9.84. The van der Waals surface area contributed by atoms with E-state index >= 15 is 0 Å². The normalized spacial score (nSPS) is 39.4. The quantitative estimate of drug-likeness (QED) is 0.383. The van der Waals surface area contributed by atoms with E-state index in [9.17, 15) is 5.26 Å². The fraction of sp³-hybridized carbons (Fsp3) is 0.963. The van der Waals surface area contributed by atoms with Crippen LogP contribution in [-0.4, -0.2) is 0 Å². The van der Waals surface area contributed by atoms with E-state index in [0.29, 0.717) is 0 Å². The summed E-state index contributed by atoms with van der Waals surface area (Å²) in [5.41, 5.74) is 0.0324. The van der Waals surface area contributed by atoms with Crippen LogP contribution in [0.15, 0.2) is 0 Å². The van der Waals surface area contributed by atoms with Crippen LogP contribution in [0, 0.1) is 46.3 Å². The van der Waals surface area contributed by atoms with E-state index in [2.05, 4.69) is 19.9 Å². The van der Waals surface area contributed by atoms with Crippen molar-refractivity contribution in [2.75, 3.05) is 0 Å². The summed E-state index contributed by atoms with van der Waals surface area (Å²) in [6.45, 7) is 4.58. The zero-order chi connectivity index (χ0) is 19.8. The molecule has 3 saturated carbocycles. The highest BCUT2D eigenvalue weighted by molar-refractivity contribution is 5.03. The second-order valence-corrected chi connectivity index (χ2v) is 11.0. The van der Waals surface area contributed by atoms with Gasteiger partial charge in [-0.2, -0.15) is 5.26 Å². The average molecular weight is 386 g/mol. The molecule has 0 aromatic rings. The van der Waals surface area contributed by atoms with E-state index in [1.807, 2.05) is 0 Å². The Hall–Kier alpha value is -0.510. The largest absolute Gasteiger partial charge is 0.198 e. The highest BCUT2D eigenvalue weighted by atomic mass is 14.5. The van der Waals surface area contributed by atoms with Gasteiger partial charge in [0, 0.05) is 0 Å². The maximum absolute atomic E-state index is 9.84. The van der Waals surface area contributed by atoms with Gasteiger partial charge in [-0.1, -0.05) is 71.6 Å². The van der Waals surface area contributed by atoms with Crippen molar-refractivity contribution in [1.82, 2.24) is 0 Å². The molecule has 0 N–H and O–H groups in total. The Kier molecular flexibility index (Phi) is 8.74. The van der Waals surface area contributed by atoms with Gasteiger partial charge in [0.25, 0.3) is 0 Å². The van der Waals surface area contributed by atoms with Gasteiger partial charge in [-0.05, 0) is 87.4 Å². The molecule has 0 aromatic carbocycles. The number of hydrogen-bond acceptors (Lipinski definition) is 1. The first kappa shape index (κ1) is 22.2. The summed E-state index contributed by atoms with van der Waals surface area (Å²) in [7, 11) is 0. The number of unbranched alkanes of at least 4 members (excludes halogenated alkanes) is 2. The fourth-order valence-electron chi connectivity index (χ4n) is 7.39. The van der Waals surface area contributed by atoms with E-state index in [-0.39, 0.29) is 5.41 Å². The number of nitrogens with zero attached hydrogens (tertiary/aromatic N) is 1. The molecule has 1 heteroatoms. The van der Waals surface area contributed by atoms with Gasteiger partial charge in [0.2, 0.25) is 0 Å². The number of nitriles is 1. The van der Waals surface area contributed by atoms with E-state index in [1.54, 1.807) is 0 Å². The third-order valence-corrected chi connectivity index (χ3v) is 9.11. The molecule has 0 amide bonds. The summed E-state index contributed by atoms with van der Waals surface area (Å²) in [6, 6.07) is 2.77. The Balaban J connectivity index is 1.41. The van der Waals surface area contributed by atoms with Crippen LogP contribution in [0.3, 0.4) is 0 Å². The van der Waals surface area contributed by atoms with Gasteiger partial charge in [0.1, 0.15) is 0 Å². The molecular formula is C27H47N. The lowest BCUT2D eigenvalue weighted by atomic mass is 9.61. The summed E-state index contributed by atoms with van der Waals surface area (Å²) in [5, 5.41) is 9.84. The van der Waals surface area contributed by atoms with Crippen LogP contribution >= 0.6 is 0 Å². The number of hydrogen-bond donors (Lipinski definition) is 0. The molecule has 3 aliphatic rings. The summed E-state index contributed by atoms with van der Waals surface area (Å²) in [6.07, 6.45) is 25.3. The Morgan fingerprint density at radius 3 is 1.93 bits per heavy atom. The van der Waals surface area contributed by atoms with E-state index < -0.39 is 0 Å². The average Bonchev–Trinajstić information content (AvgIpc) is 2.75. The standard InChI is InChI=1S/C27H47N/c1-3-5-6-8-22-10-12-23(13-11-22)24-14-16-25(17-15-24)26-9-7-19-27(20-26,21-28)18-4-2/h22-26H,3-20H2,1-2H3/t22-,23-,24?,25?,26?,27?. The molecule has 2 atom stereocenters. The van der Waals surface area contributed by atoms with Crippen LogP contribution in [0.4, 0.5) is 0 Å². The third kappa shape index (κ3) is 5.77. The smallest absolute Gasteiger partial charge is 0.0689 e. The van der Waals surface area contributed by atoms with Gasteiger partial charge < -0.3 is 0 Å². The van der Waals surface area contributed by atoms with Crippen LogP contribution in [0.2, 0.25) is 0 Å². The molecule has 0 saturated heterocycles. The molecule has 3 aliphatic carbocycles. The van der Waals surface area contributed by atoms with E-state index in [4.69, 9.17) is 0 Å². The van der Waals surface area contributed by atoms with Crippen molar-refractivity contribution in [1.29, 1.82) is 5.26 Å². The van der Waals surface area contributed by atoms with Gasteiger partial charge in [-0.25, -0.2) is 0 Å². The molecule has 0 aliphatic heterocycles. The molecule has 160 valence electrons. The van der Waals surface area contributed by atoms with Gasteiger partial charge >= 0.3 is 0 Å². The van der Waals surface area contributed by atoms with Crippen LogP contribution in [-0.2, 0) is 0 Å². The van der Waals surface area contributed by atoms with Crippen molar-refractivity contribution >= 4 is 0 Å². The molecule has 0 heterocycles. The van der Waals surface area contributed by atoms with Crippen molar-refractivity contribution in [3.63, 3.8) is 0 Å². The molecule has 3 rings (SSSR count). The number of rotatable bonds is 8. The van der Waals surface area contributed by atoms with Crippen molar-refractivity contribution < 1.29 is 0 Å². The van der Waals surface area contributed by atoms with E-state index in [1.165, 1.54) is 109 Å². The zero-order valence-electron chi connectivity index (χ0n) is 19.1. The Morgan fingerprint density at radius 2 is 1.36 bits per heavy atom. The third-order valence-electron chi connectivity index (χ3n) is 9.11. The molecule has 0 radical (unpaired) electrons. The molecule has 28 heavy (non-hydrogen) atoms. The Morgan fingerprint density at radius 1 is 0.750 bits per heavy atom. The second-order valence-electron chi connectivity index (χ2n) is 11.0. The zero-order valence-corrected chi connectivity index (χ0v) is 19.1. The monoisotopic (exact) mass is 385 g/mol. The summed E-state index contributed by atoms with van der Waals surface area (Å²) < 4.78 is 0. The summed E-state index contributed by atoms with van der Waals surface area (Å²) >= 11 is 0. The molecule has 3 fully saturated rings. The minimum atomic E-state index is 0.0324. The summed E-state index contributed by atoms with van der Waals surface area (Å²) in [5.74, 6) is 4.93. The van der Waals surface area contributed by atoms with Crippen molar-refractivity contribution in [3.8, 4) is 6.07 Å². The van der Waals surface area contributed by atoms with Crippen molar-refractivity contribution in [3.05, 3.63) is 0 Å². The van der Waals surface area contributed by atoms with Gasteiger partial charge in [0.05, 0.1) is 11.5 Å². The van der Waals surface area contributed by atoms with Crippen LogP contribution in [0.1, 0.15) is 129 Å². The Bertz CT molecular complexity index is 471. The van der Waals surface area contributed by atoms with Gasteiger partial charge in [0.15, 0.2) is 0 Å². The van der Waals surface area contributed by atoms with Crippen molar-refractivity contribution in [2.24, 2.45) is 35.0 Å². The SMILES string of the molecule is CCCCC[C@H]1CC[C@H](C2CCC(C3CCCC(C#N)(CCC)C3)CC2)CC1. The fourth-order valence-corrected chi connectivity index (χ4v) is 7.39. The van der Waals surface area contributed by atoms with E-state index in [0.717, 1.165) is 36.0 Å². The molecule has 0 bridgehead atoms. The summed E-state index contributed by atoms with van der Waals surface area (Å²) in [4.78, 5) is 0. The topological polar surface area (TPSA) is 23.8 Å². The first-order chi connectivity index (χ1) is 13.7. The van der Waals surface area contributed by atoms with Crippen LogP contribution in [0.25, 0.3) is 0 Å². The molecular weight excluding hydrogens is 338 g/mol. The van der Waals surface area contributed by atoms with Crippen molar-refractivity contribution in [2.45, 2.75) is 129 Å². The minimum absolute atomic E-state index is 0.0324. The van der Waals surface area contributed by atoms with Crippen LogP contribution < -0.4 is 0 Å². The Labute approximate surface area is 176 Å². The molecule has 0 spiro atoms. The predicted molar refractivity (Wildman–Crippen MR) is 120 cm³/mol. The lowest BCUT2D eigenvalue weighted by molar-refractivity contribution is 0.0820. The molecule has 2 unspecified atom stereocenters. The lowest BCUT2D eigenvalue weighted by Crippen LogP contribution is -2.34. The predicted octanol–water partition coefficient (Wildman–Crippen LogP) is 8.68. The first-order valence-electron chi connectivity index (χ1n) is 13.1. The highest BCUT2D eigenvalue weighted by Gasteiger charge is 2.40.